The third-order valence-corrected chi connectivity index (χ3v) is 4.34. The third kappa shape index (κ3) is 1.78. The molecule has 1 aliphatic heterocycles. The average molecular weight is 235 g/mol. The molecule has 1 saturated carbocycles. The molecular weight excluding hydrogens is 217 g/mol. The van der Waals surface area contributed by atoms with Crippen LogP contribution < -0.4 is 5.73 Å². The smallest absolute Gasteiger partial charge is 0.128 e. The van der Waals surface area contributed by atoms with Gasteiger partial charge in [-0.3, -0.25) is 0 Å². The Labute approximate surface area is 101 Å². The fourth-order valence-electron chi connectivity index (χ4n) is 3.50. The molecule has 2 fully saturated rings. The SMILES string of the molecule is NC1(c2ccccc2F)CC2(CCOCC2)C1. The van der Waals surface area contributed by atoms with Crippen molar-refractivity contribution < 1.29 is 9.13 Å². The summed E-state index contributed by atoms with van der Waals surface area (Å²) in [6, 6.07) is 6.90. The Morgan fingerprint density at radius 1 is 1.12 bits per heavy atom. The van der Waals surface area contributed by atoms with Crippen LogP contribution in [0.2, 0.25) is 0 Å². The second-order valence-corrected chi connectivity index (χ2v) is 5.60. The van der Waals surface area contributed by atoms with E-state index >= 15 is 0 Å². The van der Waals surface area contributed by atoms with Gasteiger partial charge in [0.25, 0.3) is 0 Å². The lowest BCUT2D eigenvalue weighted by atomic mass is 9.52. The number of rotatable bonds is 1. The van der Waals surface area contributed by atoms with Crippen LogP contribution in [-0.2, 0) is 10.3 Å². The summed E-state index contributed by atoms with van der Waals surface area (Å²) in [5.41, 5.74) is 6.89. The first-order chi connectivity index (χ1) is 8.14. The Kier molecular flexibility index (Phi) is 2.49. The summed E-state index contributed by atoms with van der Waals surface area (Å²) in [4.78, 5) is 0. The number of benzene rings is 1. The number of ether oxygens (including phenoxy) is 1. The van der Waals surface area contributed by atoms with Crippen LogP contribution in [0.1, 0.15) is 31.2 Å². The minimum Gasteiger partial charge on any atom is -0.381 e. The molecule has 2 nitrogen and oxygen atoms in total. The highest BCUT2D eigenvalue weighted by atomic mass is 19.1. The molecule has 0 radical (unpaired) electrons. The fraction of sp³-hybridized carbons (Fsp3) is 0.571. The standard InChI is InChI=1S/C14H18FNO/c15-12-4-2-1-3-11(12)14(16)9-13(10-14)5-7-17-8-6-13/h1-4H,5-10,16H2. The van der Waals surface area contributed by atoms with Crippen molar-refractivity contribution in [2.75, 3.05) is 13.2 Å². The Balaban J connectivity index is 1.80. The van der Waals surface area contributed by atoms with Gasteiger partial charge in [-0.05, 0) is 37.2 Å². The lowest BCUT2D eigenvalue weighted by molar-refractivity contribution is -0.0734. The van der Waals surface area contributed by atoms with E-state index in [1.165, 1.54) is 6.07 Å². The number of hydrogen-bond acceptors (Lipinski definition) is 2. The molecule has 2 N–H and O–H groups in total. The number of nitrogens with two attached hydrogens (primary N) is 1. The van der Waals surface area contributed by atoms with Gasteiger partial charge in [-0.1, -0.05) is 18.2 Å². The summed E-state index contributed by atoms with van der Waals surface area (Å²) in [6.07, 6.45) is 3.93. The first-order valence-electron chi connectivity index (χ1n) is 6.25. The molecule has 2 aliphatic rings. The van der Waals surface area contributed by atoms with Crippen molar-refractivity contribution in [3.63, 3.8) is 0 Å². The average Bonchev–Trinajstić information content (AvgIpc) is 2.29. The summed E-state index contributed by atoms with van der Waals surface area (Å²) in [5.74, 6) is -0.170. The van der Waals surface area contributed by atoms with Crippen LogP contribution in [0.5, 0.6) is 0 Å². The van der Waals surface area contributed by atoms with Crippen molar-refractivity contribution in [2.24, 2.45) is 11.1 Å². The topological polar surface area (TPSA) is 35.2 Å². The second kappa shape index (κ2) is 3.79. The molecular formula is C14H18FNO. The van der Waals surface area contributed by atoms with E-state index in [1.807, 2.05) is 12.1 Å². The normalized spacial score (nSPS) is 25.5. The molecule has 3 heteroatoms. The van der Waals surface area contributed by atoms with E-state index in [0.717, 1.165) is 38.9 Å². The van der Waals surface area contributed by atoms with Crippen LogP contribution in [0.4, 0.5) is 4.39 Å². The van der Waals surface area contributed by atoms with Gasteiger partial charge in [-0.25, -0.2) is 4.39 Å². The molecule has 92 valence electrons. The highest BCUT2D eigenvalue weighted by molar-refractivity contribution is 5.30. The number of hydrogen-bond donors (Lipinski definition) is 1. The lowest BCUT2D eigenvalue weighted by Crippen LogP contribution is -2.57. The van der Waals surface area contributed by atoms with Crippen molar-refractivity contribution in [1.82, 2.24) is 0 Å². The van der Waals surface area contributed by atoms with Crippen molar-refractivity contribution in [3.05, 3.63) is 35.6 Å². The summed E-state index contributed by atoms with van der Waals surface area (Å²) >= 11 is 0. The van der Waals surface area contributed by atoms with Gasteiger partial charge in [0.15, 0.2) is 0 Å². The molecule has 0 unspecified atom stereocenters. The minimum atomic E-state index is -0.456. The highest BCUT2D eigenvalue weighted by Gasteiger charge is 2.54. The Morgan fingerprint density at radius 3 is 2.41 bits per heavy atom. The molecule has 1 spiro atoms. The molecule has 0 bridgehead atoms. The van der Waals surface area contributed by atoms with Crippen LogP contribution in [0.3, 0.4) is 0 Å². The van der Waals surface area contributed by atoms with Gasteiger partial charge < -0.3 is 10.5 Å². The van der Waals surface area contributed by atoms with E-state index in [9.17, 15) is 4.39 Å². The monoisotopic (exact) mass is 235 g/mol. The first kappa shape index (κ1) is 11.2. The Hall–Kier alpha value is -0.930. The maximum absolute atomic E-state index is 13.8. The second-order valence-electron chi connectivity index (χ2n) is 5.60. The zero-order valence-electron chi connectivity index (χ0n) is 9.92. The third-order valence-electron chi connectivity index (χ3n) is 4.34. The maximum atomic E-state index is 13.8. The van der Waals surface area contributed by atoms with Gasteiger partial charge in [0.2, 0.25) is 0 Å². The van der Waals surface area contributed by atoms with E-state index in [2.05, 4.69) is 0 Å². The van der Waals surface area contributed by atoms with Crippen LogP contribution in [0.25, 0.3) is 0 Å². The van der Waals surface area contributed by atoms with Crippen LogP contribution >= 0.6 is 0 Å². The van der Waals surface area contributed by atoms with Gasteiger partial charge in [-0.15, -0.1) is 0 Å². The van der Waals surface area contributed by atoms with Gasteiger partial charge in [0.05, 0.1) is 0 Å². The molecule has 0 atom stereocenters. The predicted octanol–water partition coefficient (Wildman–Crippen LogP) is 2.57. The summed E-state index contributed by atoms with van der Waals surface area (Å²) < 4.78 is 19.1. The zero-order chi connectivity index (χ0) is 11.9. The quantitative estimate of drug-likeness (QED) is 0.812. The van der Waals surface area contributed by atoms with Gasteiger partial charge >= 0.3 is 0 Å². The van der Waals surface area contributed by atoms with E-state index in [-0.39, 0.29) is 5.82 Å². The Morgan fingerprint density at radius 2 is 1.76 bits per heavy atom. The zero-order valence-corrected chi connectivity index (χ0v) is 9.92. The first-order valence-corrected chi connectivity index (χ1v) is 6.25. The predicted molar refractivity (Wildman–Crippen MR) is 64.0 cm³/mol. The molecule has 3 rings (SSSR count). The van der Waals surface area contributed by atoms with E-state index in [4.69, 9.17) is 10.5 Å². The maximum Gasteiger partial charge on any atom is 0.128 e. The molecule has 1 aromatic rings. The Bertz CT molecular complexity index is 418. The van der Waals surface area contributed by atoms with E-state index in [0.29, 0.717) is 11.0 Å². The van der Waals surface area contributed by atoms with Crippen LogP contribution in [-0.4, -0.2) is 13.2 Å². The van der Waals surface area contributed by atoms with Crippen molar-refractivity contribution >= 4 is 0 Å². The van der Waals surface area contributed by atoms with Crippen molar-refractivity contribution in [2.45, 2.75) is 31.2 Å². The highest BCUT2D eigenvalue weighted by Crippen LogP contribution is 2.57. The van der Waals surface area contributed by atoms with Gasteiger partial charge in [0.1, 0.15) is 5.82 Å². The minimum absolute atomic E-state index is 0.170. The molecule has 0 aromatic heterocycles. The van der Waals surface area contributed by atoms with Gasteiger partial charge in [0, 0.05) is 24.3 Å². The van der Waals surface area contributed by atoms with Crippen LogP contribution in [0.15, 0.2) is 24.3 Å². The van der Waals surface area contributed by atoms with E-state index in [1.54, 1.807) is 6.07 Å². The van der Waals surface area contributed by atoms with Crippen molar-refractivity contribution in [1.29, 1.82) is 0 Å². The molecule has 0 amide bonds. The number of halogens is 1. The fourth-order valence-corrected chi connectivity index (χ4v) is 3.50. The molecule has 17 heavy (non-hydrogen) atoms. The molecule has 1 aromatic carbocycles. The molecule has 1 saturated heterocycles. The summed E-state index contributed by atoms with van der Waals surface area (Å²) in [6.45, 7) is 1.65. The molecule has 1 heterocycles. The van der Waals surface area contributed by atoms with Gasteiger partial charge in [-0.2, -0.15) is 0 Å². The lowest BCUT2D eigenvalue weighted by Gasteiger charge is -2.56. The summed E-state index contributed by atoms with van der Waals surface area (Å²) in [7, 11) is 0. The van der Waals surface area contributed by atoms with E-state index < -0.39 is 5.54 Å². The van der Waals surface area contributed by atoms with Crippen molar-refractivity contribution in [3.8, 4) is 0 Å². The largest absolute Gasteiger partial charge is 0.381 e. The molecule has 1 aliphatic carbocycles. The summed E-state index contributed by atoms with van der Waals surface area (Å²) in [5, 5.41) is 0. The van der Waals surface area contributed by atoms with Crippen LogP contribution in [0, 0.1) is 11.2 Å².